The monoisotopic (exact) mass is 263 g/mol. The Morgan fingerprint density at radius 2 is 1.95 bits per heavy atom. The molecule has 1 unspecified atom stereocenters. The van der Waals surface area contributed by atoms with Gasteiger partial charge in [0.1, 0.15) is 6.04 Å². The Balaban J connectivity index is 2.59. The highest BCUT2D eigenvalue weighted by Gasteiger charge is 2.12. The zero-order valence-electron chi connectivity index (χ0n) is 11.4. The maximum absolute atomic E-state index is 9.44. The number of likely N-dealkylation sites (N-methyl/N-ethyl adjacent to an activating group) is 1. The van der Waals surface area contributed by atoms with Crippen molar-refractivity contribution in [2.45, 2.75) is 19.9 Å². The summed E-state index contributed by atoms with van der Waals surface area (Å²) in [5, 5.41) is 31.0. The van der Waals surface area contributed by atoms with Crippen LogP contribution in [0.25, 0.3) is 0 Å². The van der Waals surface area contributed by atoms with Gasteiger partial charge in [-0.2, -0.15) is 5.26 Å². The molecule has 0 amide bonds. The average Bonchev–Trinajstić information content (AvgIpc) is 2.42. The molecule has 1 atom stereocenters. The molecule has 1 rings (SSSR count). The second kappa shape index (κ2) is 7.62. The summed E-state index contributed by atoms with van der Waals surface area (Å²) in [6, 6.07) is 6.10. The Hall–Kier alpha value is -1.77. The summed E-state index contributed by atoms with van der Waals surface area (Å²) in [4.78, 5) is 2.26. The summed E-state index contributed by atoms with van der Waals surface area (Å²) in [5.41, 5.74) is 0.650. The van der Waals surface area contributed by atoms with Crippen molar-refractivity contribution in [2.75, 3.05) is 26.2 Å². The standard InChI is InChI=1S/C14H21N3O2/c1-3-17(4-2)8-7-16-12(10-15)11-5-6-13(18)14(19)9-11/h5-6,9,12,16,18-19H,3-4,7-8H2,1-2H3. The molecule has 0 aliphatic rings. The highest BCUT2D eigenvalue weighted by molar-refractivity contribution is 5.42. The van der Waals surface area contributed by atoms with Gasteiger partial charge in [-0.1, -0.05) is 19.9 Å². The van der Waals surface area contributed by atoms with Crippen molar-refractivity contribution in [3.8, 4) is 17.6 Å². The minimum absolute atomic E-state index is 0.177. The number of hydrogen-bond donors (Lipinski definition) is 3. The largest absolute Gasteiger partial charge is 0.504 e. The molecular formula is C14H21N3O2. The Morgan fingerprint density at radius 3 is 2.47 bits per heavy atom. The van der Waals surface area contributed by atoms with E-state index in [9.17, 15) is 10.2 Å². The van der Waals surface area contributed by atoms with Gasteiger partial charge >= 0.3 is 0 Å². The zero-order valence-corrected chi connectivity index (χ0v) is 11.4. The Labute approximate surface area is 114 Å². The normalized spacial score (nSPS) is 12.3. The van der Waals surface area contributed by atoms with Crippen molar-refractivity contribution >= 4 is 0 Å². The van der Waals surface area contributed by atoms with E-state index < -0.39 is 6.04 Å². The molecule has 3 N–H and O–H groups in total. The molecule has 0 bridgehead atoms. The van der Waals surface area contributed by atoms with Gasteiger partial charge in [-0.25, -0.2) is 0 Å². The van der Waals surface area contributed by atoms with Crippen molar-refractivity contribution in [1.29, 1.82) is 5.26 Å². The Morgan fingerprint density at radius 1 is 1.26 bits per heavy atom. The lowest BCUT2D eigenvalue weighted by Gasteiger charge is -2.19. The van der Waals surface area contributed by atoms with Crippen LogP contribution < -0.4 is 5.32 Å². The van der Waals surface area contributed by atoms with Crippen molar-refractivity contribution in [3.05, 3.63) is 23.8 Å². The van der Waals surface area contributed by atoms with Gasteiger partial charge < -0.3 is 15.1 Å². The molecule has 0 saturated heterocycles. The summed E-state index contributed by atoms with van der Waals surface area (Å²) in [5.74, 6) is -0.383. The molecule has 1 aromatic rings. The number of phenolic OH excluding ortho intramolecular Hbond substituents is 2. The van der Waals surface area contributed by atoms with Crippen molar-refractivity contribution < 1.29 is 10.2 Å². The van der Waals surface area contributed by atoms with Crippen LogP contribution in [0.1, 0.15) is 25.5 Å². The van der Waals surface area contributed by atoms with Gasteiger partial charge in [0, 0.05) is 13.1 Å². The smallest absolute Gasteiger partial charge is 0.157 e. The molecule has 5 nitrogen and oxygen atoms in total. The third-order valence-corrected chi connectivity index (χ3v) is 3.13. The van der Waals surface area contributed by atoms with E-state index in [-0.39, 0.29) is 11.5 Å². The molecule has 0 radical (unpaired) electrons. The molecule has 0 spiro atoms. The van der Waals surface area contributed by atoms with Crippen LogP contribution >= 0.6 is 0 Å². The Kier molecular flexibility index (Phi) is 6.13. The van der Waals surface area contributed by atoms with E-state index in [0.717, 1.165) is 19.6 Å². The quantitative estimate of drug-likeness (QED) is 0.651. The van der Waals surface area contributed by atoms with E-state index in [4.69, 9.17) is 5.26 Å². The third-order valence-electron chi connectivity index (χ3n) is 3.13. The number of nitrogens with zero attached hydrogens (tertiary/aromatic N) is 2. The second-order valence-corrected chi connectivity index (χ2v) is 4.29. The summed E-state index contributed by atoms with van der Waals surface area (Å²) >= 11 is 0. The third kappa shape index (κ3) is 4.43. The van der Waals surface area contributed by atoms with Crippen LogP contribution in [-0.2, 0) is 0 Å². The lowest BCUT2D eigenvalue weighted by molar-refractivity contribution is 0.300. The van der Waals surface area contributed by atoms with Crippen LogP contribution in [0.4, 0.5) is 0 Å². The lowest BCUT2D eigenvalue weighted by Crippen LogP contribution is -2.33. The van der Waals surface area contributed by atoms with Crippen LogP contribution in [0, 0.1) is 11.3 Å². The first-order chi connectivity index (χ1) is 9.12. The maximum Gasteiger partial charge on any atom is 0.157 e. The number of nitriles is 1. The molecular weight excluding hydrogens is 242 g/mol. The number of hydrogen-bond acceptors (Lipinski definition) is 5. The van der Waals surface area contributed by atoms with E-state index in [0.29, 0.717) is 12.1 Å². The predicted octanol–water partition coefficient (Wildman–Crippen LogP) is 1.59. The fourth-order valence-electron chi connectivity index (χ4n) is 1.86. The van der Waals surface area contributed by atoms with Crippen molar-refractivity contribution in [3.63, 3.8) is 0 Å². The molecule has 0 aromatic heterocycles. The minimum Gasteiger partial charge on any atom is -0.504 e. The van der Waals surface area contributed by atoms with Crippen LogP contribution in [0.5, 0.6) is 11.5 Å². The second-order valence-electron chi connectivity index (χ2n) is 4.29. The maximum atomic E-state index is 9.44. The molecule has 19 heavy (non-hydrogen) atoms. The van der Waals surface area contributed by atoms with Crippen LogP contribution in [0.2, 0.25) is 0 Å². The average molecular weight is 263 g/mol. The number of rotatable bonds is 7. The van der Waals surface area contributed by atoms with Gasteiger partial charge in [0.05, 0.1) is 6.07 Å². The first-order valence-electron chi connectivity index (χ1n) is 6.49. The van der Waals surface area contributed by atoms with Crippen LogP contribution in [0.3, 0.4) is 0 Å². The fraction of sp³-hybridized carbons (Fsp3) is 0.500. The molecule has 0 aliphatic carbocycles. The molecule has 1 aromatic carbocycles. The zero-order chi connectivity index (χ0) is 14.3. The van der Waals surface area contributed by atoms with Crippen LogP contribution in [-0.4, -0.2) is 41.3 Å². The molecule has 0 fully saturated rings. The fourth-order valence-corrected chi connectivity index (χ4v) is 1.86. The predicted molar refractivity (Wildman–Crippen MR) is 73.9 cm³/mol. The van der Waals surface area contributed by atoms with E-state index >= 15 is 0 Å². The van der Waals surface area contributed by atoms with E-state index in [1.54, 1.807) is 6.07 Å². The number of aromatic hydroxyl groups is 2. The summed E-state index contributed by atoms with van der Waals surface area (Å²) in [7, 11) is 0. The molecule has 0 saturated carbocycles. The van der Waals surface area contributed by atoms with E-state index in [2.05, 4.69) is 30.1 Å². The molecule has 0 aliphatic heterocycles. The van der Waals surface area contributed by atoms with Crippen molar-refractivity contribution in [1.82, 2.24) is 10.2 Å². The van der Waals surface area contributed by atoms with Gasteiger partial charge in [0.25, 0.3) is 0 Å². The highest BCUT2D eigenvalue weighted by atomic mass is 16.3. The molecule has 5 heteroatoms. The first kappa shape index (κ1) is 15.3. The van der Waals surface area contributed by atoms with E-state index in [1.807, 2.05) is 0 Å². The summed E-state index contributed by atoms with van der Waals surface area (Å²) in [6.07, 6.45) is 0. The van der Waals surface area contributed by atoms with Gasteiger partial charge in [-0.05, 0) is 30.8 Å². The van der Waals surface area contributed by atoms with Gasteiger partial charge in [0.2, 0.25) is 0 Å². The number of benzene rings is 1. The summed E-state index contributed by atoms with van der Waals surface area (Å²) < 4.78 is 0. The lowest BCUT2D eigenvalue weighted by atomic mass is 10.1. The molecule has 0 heterocycles. The van der Waals surface area contributed by atoms with Gasteiger partial charge in [0.15, 0.2) is 11.5 Å². The van der Waals surface area contributed by atoms with Gasteiger partial charge in [-0.15, -0.1) is 0 Å². The molecule has 104 valence electrons. The Bertz CT molecular complexity index is 439. The summed E-state index contributed by atoms with van der Waals surface area (Å²) in [6.45, 7) is 7.73. The SMILES string of the molecule is CCN(CC)CCNC(C#N)c1ccc(O)c(O)c1. The van der Waals surface area contributed by atoms with E-state index in [1.165, 1.54) is 12.1 Å². The van der Waals surface area contributed by atoms with Gasteiger partial charge in [-0.3, -0.25) is 5.32 Å². The first-order valence-corrected chi connectivity index (χ1v) is 6.49. The highest BCUT2D eigenvalue weighted by Crippen LogP contribution is 2.27. The minimum atomic E-state index is -0.484. The van der Waals surface area contributed by atoms with Crippen molar-refractivity contribution in [2.24, 2.45) is 0 Å². The number of phenols is 2. The number of nitrogens with one attached hydrogen (secondary N) is 1. The van der Waals surface area contributed by atoms with Crippen LogP contribution in [0.15, 0.2) is 18.2 Å². The topological polar surface area (TPSA) is 79.5 Å².